The third kappa shape index (κ3) is 2.86. The van der Waals surface area contributed by atoms with E-state index in [0.29, 0.717) is 22.6 Å². The highest BCUT2D eigenvalue weighted by Crippen LogP contribution is 2.35. The van der Waals surface area contributed by atoms with Gasteiger partial charge in [-0.2, -0.15) is 11.3 Å². The molecule has 2 heterocycles. The molecular weight excluding hydrogens is 290 g/mol. The maximum absolute atomic E-state index is 11.9. The first kappa shape index (κ1) is 13.9. The SMILES string of the molecule is C[C@@](O)(CNC(=O)c1ccsc1)c1ccc2c(c1)OCO2. The number of fused-ring (bicyclic) bond motifs is 1. The molecule has 2 N–H and O–H groups in total. The Balaban J connectivity index is 1.70. The minimum atomic E-state index is -1.19. The van der Waals surface area contributed by atoms with Crippen molar-refractivity contribution < 1.29 is 19.4 Å². The van der Waals surface area contributed by atoms with Gasteiger partial charge in [-0.15, -0.1) is 0 Å². The zero-order chi connectivity index (χ0) is 14.9. The van der Waals surface area contributed by atoms with Crippen molar-refractivity contribution in [1.29, 1.82) is 0 Å². The summed E-state index contributed by atoms with van der Waals surface area (Å²) in [7, 11) is 0. The predicted molar refractivity (Wildman–Crippen MR) is 78.8 cm³/mol. The molecule has 0 radical (unpaired) electrons. The molecule has 2 aromatic rings. The molecule has 0 bridgehead atoms. The topological polar surface area (TPSA) is 67.8 Å². The van der Waals surface area contributed by atoms with Crippen LogP contribution in [0.2, 0.25) is 0 Å². The van der Waals surface area contributed by atoms with E-state index in [1.165, 1.54) is 11.3 Å². The lowest BCUT2D eigenvalue weighted by Gasteiger charge is -2.24. The lowest BCUT2D eigenvalue weighted by atomic mass is 9.95. The van der Waals surface area contributed by atoms with E-state index in [0.717, 1.165) is 0 Å². The van der Waals surface area contributed by atoms with Gasteiger partial charge < -0.3 is 19.9 Å². The molecule has 1 aliphatic rings. The van der Waals surface area contributed by atoms with Gasteiger partial charge in [0.15, 0.2) is 11.5 Å². The van der Waals surface area contributed by atoms with Crippen LogP contribution in [0.3, 0.4) is 0 Å². The number of nitrogens with one attached hydrogen (secondary N) is 1. The molecule has 0 unspecified atom stereocenters. The molecule has 0 saturated heterocycles. The maximum atomic E-state index is 11.9. The van der Waals surface area contributed by atoms with E-state index >= 15 is 0 Å². The number of hydrogen-bond acceptors (Lipinski definition) is 5. The summed E-state index contributed by atoms with van der Waals surface area (Å²) in [4.78, 5) is 11.9. The van der Waals surface area contributed by atoms with Gasteiger partial charge in [-0.3, -0.25) is 4.79 Å². The smallest absolute Gasteiger partial charge is 0.252 e. The fourth-order valence-electron chi connectivity index (χ4n) is 2.08. The Kier molecular flexibility index (Phi) is 3.57. The Bertz CT molecular complexity index is 652. The van der Waals surface area contributed by atoms with E-state index in [4.69, 9.17) is 9.47 Å². The largest absolute Gasteiger partial charge is 0.454 e. The van der Waals surface area contributed by atoms with Crippen molar-refractivity contribution in [3.8, 4) is 11.5 Å². The number of hydrogen-bond donors (Lipinski definition) is 2. The molecule has 21 heavy (non-hydrogen) atoms. The highest BCUT2D eigenvalue weighted by molar-refractivity contribution is 7.08. The Morgan fingerprint density at radius 1 is 1.38 bits per heavy atom. The Morgan fingerprint density at radius 3 is 2.95 bits per heavy atom. The van der Waals surface area contributed by atoms with Crippen molar-refractivity contribution in [2.75, 3.05) is 13.3 Å². The van der Waals surface area contributed by atoms with Crippen LogP contribution in [0, 0.1) is 0 Å². The average Bonchev–Trinajstić information content (AvgIpc) is 3.14. The van der Waals surface area contributed by atoms with Crippen LogP contribution in [-0.2, 0) is 5.60 Å². The normalized spacial score (nSPS) is 15.5. The van der Waals surface area contributed by atoms with E-state index in [2.05, 4.69) is 5.32 Å². The lowest BCUT2D eigenvalue weighted by molar-refractivity contribution is 0.0525. The second-order valence-corrected chi connectivity index (χ2v) is 5.82. The molecule has 0 fully saturated rings. The zero-order valence-electron chi connectivity index (χ0n) is 11.5. The zero-order valence-corrected chi connectivity index (χ0v) is 12.3. The Hall–Kier alpha value is -2.05. The van der Waals surface area contributed by atoms with Gasteiger partial charge in [0.2, 0.25) is 6.79 Å². The molecule has 1 aromatic heterocycles. The number of carbonyl (C=O) groups excluding carboxylic acids is 1. The minimum absolute atomic E-state index is 0.112. The highest BCUT2D eigenvalue weighted by atomic mass is 32.1. The summed E-state index contributed by atoms with van der Waals surface area (Å²) in [5.74, 6) is 1.08. The summed E-state index contributed by atoms with van der Waals surface area (Å²) in [6, 6.07) is 7.01. The molecule has 1 amide bonds. The van der Waals surface area contributed by atoms with Crippen molar-refractivity contribution in [2.45, 2.75) is 12.5 Å². The van der Waals surface area contributed by atoms with Crippen molar-refractivity contribution in [2.24, 2.45) is 0 Å². The van der Waals surface area contributed by atoms with Crippen LogP contribution in [0.25, 0.3) is 0 Å². The number of benzene rings is 1. The van der Waals surface area contributed by atoms with Gasteiger partial charge in [0.05, 0.1) is 6.54 Å². The first-order valence-corrected chi connectivity index (χ1v) is 7.43. The standard InChI is InChI=1S/C15H15NO4S/c1-15(18,8-16-14(17)10-4-5-21-7-10)11-2-3-12-13(6-11)20-9-19-12/h2-7,18H,8-9H2,1H3,(H,16,17)/t15-/m1/s1. The van der Waals surface area contributed by atoms with Crippen LogP contribution in [0.4, 0.5) is 0 Å². The number of amides is 1. The quantitative estimate of drug-likeness (QED) is 0.908. The van der Waals surface area contributed by atoms with Crippen LogP contribution >= 0.6 is 11.3 Å². The first-order chi connectivity index (χ1) is 10.1. The van der Waals surface area contributed by atoms with Gasteiger partial charge in [0, 0.05) is 10.9 Å². The van der Waals surface area contributed by atoms with Crippen LogP contribution in [0.1, 0.15) is 22.8 Å². The van der Waals surface area contributed by atoms with Crippen molar-refractivity contribution in [3.05, 3.63) is 46.2 Å². The molecule has 5 nitrogen and oxygen atoms in total. The molecule has 0 saturated carbocycles. The summed E-state index contributed by atoms with van der Waals surface area (Å²) >= 11 is 1.46. The molecular formula is C15H15NO4S. The van der Waals surface area contributed by atoms with Crippen molar-refractivity contribution in [1.82, 2.24) is 5.32 Å². The minimum Gasteiger partial charge on any atom is -0.454 e. The van der Waals surface area contributed by atoms with Gasteiger partial charge in [-0.1, -0.05) is 6.07 Å². The van der Waals surface area contributed by atoms with Crippen LogP contribution in [-0.4, -0.2) is 24.4 Å². The Morgan fingerprint density at radius 2 is 2.19 bits per heavy atom. The van der Waals surface area contributed by atoms with Gasteiger partial charge in [-0.25, -0.2) is 0 Å². The molecule has 1 atom stereocenters. The molecule has 1 aliphatic heterocycles. The molecule has 1 aromatic carbocycles. The third-order valence-electron chi connectivity index (χ3n) is 3.37. The van der Waals surface area contributed by atoms with Crippen LogP contribution < -0.4 is 14.8 Å². The highest BCUT2D eigenvalue weighted by Gasteiger charge is 2.26. The first-order valence-electron chi connectivity index (χ1n) is 6.49. The summed E-state index contributed by atoms with van der Waals surface area (Å²) in [6.07, 6.45) is 0. The predicted octanol–water partition coefficient (Wildman–Crippen LogP) is 2.11. The van der Waals surface area contributed by atoms with E-state index in [1.807, 2.05) is 5.38 Å². The second kappa shape index (κ2) is 5.38. The molecule has 110 valence electrons. The number of ether oxygens (including phenoxy) is 2. The summed E-state index contributed by atoms with van der Waals surface area (Å²) in [5, 5.41) is 16.9. The third-order valence-corrected chi connectivity index (χ3v) is 4.05. The Labute approximate surface area is 126 Å². The summed E-state index contributed by atoms with van der Waals surface area (Å²) in [6.45, 7) is 1.95. The lowest BCUT2D eigenvalue weighted by Crippen LogP contribution is -2.38. The van der Waals surface area contributed by atoms with E-state index in [-0.39, 0.29) is 19.2 Å². The molecule has 0 spiro atoms. The number of rotatable bonds is 4. The molecule has 0 aliphatic carbocycles. The van der Waals surface area contributed by atoms with Crippen LogP contribution in [0.15, 0.2) is 35.0 Å². The number of carbonyl (C=O) groups is 1. The fourth-order valence-corrected chi connectivity index (χ4v) is 2.72. The van der Waals surface area contributed by atoms with E-state index in [9.17, 15) is 9.90 Å². The molecule has 6 heteroatoms. The summed E-state index contributed by atoms with van der Waals surface area (Å²) < 4.78 is 10.5. The maximum Gasteiger partial charge on any atom is 0.252 e. The van der Waals surface area contributed by atoms with E-state index in [1.54, 1.807) is 36.6 Å². The monoisotopic (exact) mass is 305 g/mol. The number of aliphatic hydroxyl groups is 1. The molecule has 3 rings (SSSR count). The fraction of sp³-hybridized carbons (Fsp3) is 0.267. The van der Waals surface area contributed by atoms with E-state index < -0.39 is 5.60 Å². The number of thiophene rings is 1. The second-order valence-electron chi connectivity index (χ2n) is 5.04. The van der Waals surface area contributed by atoms with Crippen molar-refractivity contribution >= 4 is 17.2 Å². The van der Waals surface area contributed by atoms with Gasteiger partial charge >= 0.3 is 0 Å². The van der Waals surface area contributed by atoms with Crippen molar-refractivity contribution in [3.63, 3.8) is 0 Å². The summed E-state index contributed by atoms with van der Waals surface area (Å²) in [5.41, 5.74) is 0.0750. The van der Waals surface area contributed by atoms with Gasteiger partial charge in [0.1, 0.15) is 5.60 Å². The van der Waals surface area contributed by atoms with Crippen LogP contribution in [0.5, 0.6) is 11.5 Å². The van der Waals surface area contributed by atoms with Gasteiger partial charge in [-0.05, 0) is 36.1 Å². The van der Waals surface area contributed by atoms with Gasteiger partial charge in [0.25, 0.3) is 5.91 Å². The average molecular weight is 305 g/mol.